The zero-order valence-electron chi connectivity index (χ0n) is 14.6. The number of aromatic amines is 1. The fourth-order valence-electron chi connectivity index (χ4n) is 3.67. The average Bonchev–Trinajstić information content (AvgIpc) is 3.05. The third-order valence-electron chi connectivity index (χ3n) is 5.49. The highest BCUT2D eigenvalue weighted by atomic mass is 32.2. The van der Waals surface area contributed by atoms with Gasteiger partial charge < -0.3 is 4.98 Å². The van der Waals surface area contributed by atoms with Crippen LogP contribution in [0.2, 0.25) is 0 Å². The standard InChI is InChI=1S/C19H20N6S/c1-18(4-5-18)26-24-12-19(13-24,6-7-20)25-11-14(10-23-25)15-2-8-21-17-16(15)3-9-22-17/h2-3,8-11H,4-6,12-13H2,1H3,(H,21,22). The van der Waals surface area contributed by atoms with Crippen molar-refractivity contribution in [2.45, 2.75) is 36.5 Å². The van der Waals surface area contributed by atoms with Gasteiger partial charge in [-0.05, 0) is 37.5 Å². The summed E-state index contributed by atoms with van der Waals surface area (Å²) in [5.41, 5.74) is 2.85. The minimum atomic E-state index is -0.213. The van der Waals surface area contributed by atoms with E-state index in [0.29, 0.717) is 11.2 Å². The summed E-state index contributed by atoms with van der Waals surface area (Å²) >= 11 is 1.95. The number of nitrogens with zero attached hydrogens (tertiary/aromatic N) is 5. The van der Waals surface area contributed by atoms with Crippen molar-refractivity contribution in [3.63, 3.8) is 0 Å². The van der Waals surface area contributed by atoms with Gasteiger partial charge in [-0.1, -0.05) is 11.9 Å². The smallest absolute Gasteiger partial charge is 0.137 e. The second-order valence-corrected chi connectivity index (χ2v) is 9.36. The molecule has 26 heavy (non-hydrogen) atoms. The van der Waals surface area contributed by atoms with Crippen molar-refractivity contribution in [1.29, 1.82) is 5.26 Å². The molecule has 1 N–H and O–H groups in total. The monoisotopic (exact) mass is 364 g/mol. The number of hydrogen-bond donors (Lipinski definition) is 1. The van der Waals surface area contributed by atoms with Crippen molar-refractivity contribution in [2.75, 3.05) is 13.1 Å². The molecular formula is C19H20N6S. The third kappa shape index (κ3) is 2.52. The lowest BCUT2D eigenvalue weighted by Gasteiger charge is -2.49. The van der Waals surface area contributed by atoms with Crippen LogP contribution < -0.4 is 0 Å². The van der Waals surface area contributed by atoms with E-state index in [0.717, 1.165) is 35.2 Å². The van der Waals surface area contributed by atoms with Crippen molar-refractivity contribution in [3.8, 4) is 17.2 Å². The van der Waals surface area contributed by atoms with Crippen LogP contribution >= 0.6 is 11.9 Å². The summed E-state index contributed by atoms with van der Waals surface area (Å²) in [7, 11) is 0. The van der Waals surface area contributed by atoms with Crippen LogP contribution in [0, 0.1) is 11.3 Å². The highest BCUT2D eigenvalue weighted by Gasteiger charge is 2.50. The summed E-state index contributed by atoms with van der Waals surface area (Å²) in [6.07, 6.45) is 10.8. The van der Waals surface area contributed by atoms with E-state index >= 15 is 0 Å². The van der Waals surface area contributed by atoms with Crippen LogP contribution in [0.15, 0.2) is 36.9 Å². The second kappa shape index (κ2) is 5.60. The van der Waals surface area contributed by atoms with E-state index < -0.39 is 0 Å². The number of fused-ring (bicyclic) bond motifs is 1. The summed E-state index contributed by atoms with van der Waals surface area (Å²) in [6, 6.07) is 6.43. The van der Waals surface area contributed by atoms with Crippen molar-refractivity contribution >= 4 is 23.0 Å². The third-order valence-corrected chi connectivity index (χ3v) is 6.86. The Bertz CT molecular complexity index is 1000. The summed E-state index contributed by atoms with van der Waals surface area (Å²) < 4.78 is 4.82. The van der Waals surface area contributed by atoms with Crippen LogP contribution in [0.1, 0.15) is 26.2 Å². The quantitative estimate of drug-likeness (QED) is 0.701. The van der Waals surface area contributed by atoms with E-state index in [4.69, 9.17) is 0 Å². The predicted octanol–water partition coefficient (Wildman–Crippen LogP) is 3.55. The molecule has 1 aliphatic heterocycles. The Balaban J connectivity index is 1.43. The van der Waals surface area contributed by atoms with Gasteiger partial charge in [0.2, 0.25) is 0 Å². The van der Waals surface area contributed by atoms with Gasteiger partial charge in [-0.2, -0.15) is 10.4 Å². The highest BCUT2D eigenvalue weighted by molar-refractivity contribution is 7.98. The largest absolute Gasteiger partial charge is 0.346 e. The number of nitrogens with one attached hydrogen (secondary N) is 1. The molecule has 0 radical (unpaired) electrons. The van der Waals surface area contributed by atoms with Gasteiger partial charge in [0.05, 0.1) is 18.7 Å². The second-order valence-electron chi connectivity index (χ2n) is 7.67. The summed E-state index contributed by atoms with van der Waals surface area (Å²) in [5, 5.41) is 15.1. The van der Waals surface area contributed by atoms with Gasteiger partial charge in [0.25, 0.3) is 0 Å². The van der Waals surface area contributed by atoms with Crippen molar-refractivity contribution in [1.82, 2.24) is 24.1 Å². The fourth-order valence-corrected chi connectivity index (χ4v) is 5.19. The molecule has 0 bridgehead atoms. The number of H-pyrrole nitrogens is 1. The Kier molecular flexibility index (Phi) is 3.43. The Labute approximate surface area is 156 Å². The Morgan fingerprint density at radius 1 is 1.35 bits per heavy atom. The molecule has 3 aromatic rings. The van der Waals surface area contributed by atoms with Crippen LogP contribution in [0.3, 0.4) is 0 Å². The highest BCUT2D eigenvalue weighted by Crippen LogP contribution is 2.52. The zero-order chi connectivity index (χ0) is 17.8. The zero-order valence-corrected chi connectivity index (χ0v) is 15.5. The van der Waals surface area contributed by atoms with Crippen molar-refractivity contribution < 1.29 is 0 Å². The maximum absolute atomic E-state index is 9.37. The van der Waals surface area contributed by atoms with Crippen molar-refractivity contribution in [3.05, 3.63) is 36.9 Å². The molecule has 0 atom stereocenters. The van der Waals surface area contributed by atoms with E-state index in [1.54, 1.807) is 0 Å². The van der Waals surface area contributed by atoms with Crippen LogP contribution in [-0.2, 0) is 5.54 Å². The fraction of sp³-hybridized carbons (Fsp3) is 0.421. The molecule has 3 aromatic heterocycles. The van der Waals surface area contributed by atoms with Gasteiger partial charge in [0, 0.05) is 47.4 Å². The number of rotatable bonds is 5. The molecular weight excluding hydrogens is 344 g/mol. The van der Waals surface area contributed by atoms with Crippen LogP contribution in [-0.4, -0.2) is 41.9 Å². The first kappa shape index (κ1) is 15.9. The van der Waals surface area contributed by atoms with Crippen LogP contribution in [0.4, 0.5) is 0 Å². The van der Waals surface area contributed by atoms with E-state index in [1.807, 2.05) is 47.4 Å². The Hall–Kier alpha value is -2.30. The van der Waals surface area contributed by atoms with Crippen LogP contribution in [0.25, 0.3) is 22.2 Å². The minimum absolute atomic E-state index is 0.213. The number of aromatic nitrogens is 4. The molecule has 1 saturated carbocycles. The first-order chi connectivity index (χ1) is 12.6. The topological polar surface area (TPSA) is 73.5 Å². The average molecular weight is 364 g/mol. The molecule has 0 aromatic carbocycles. The summed E-state index contributed by atoms with van der Waals surface area (Å²) in [6.45, 7) is 4.06. The van der Waals surface area contributed by atoms with E-state index in [9.17, 15) is 5.26 Å². The minimum Gasteiger partial charge on any atom is -0.346 e. The lowest BCUT2D eigenvalue weighted by molar-refractivity contribution is 0.0805. The van der Waals surface area contributed by atoms with E-state index in [2.05, 4.69) is 38.6 Å². The lowest BCUT2D eigenvalue weighted by atomic mass is 9.89. The number of nitriles is 1. The van der Waals surface area contributed by atoms with E-state index in [-0.39, 0.29) is 5.54 Å². The molecule has 2 aliphatic rings. The first-order valence-corrected chi connectivity index (χ1v) is 9.67. The van der Waals surface area contributed by atoms with Crippen molar-refractivity contribution in [2.24, 2.45) is 0 Å². The van der Waals surface area contributed by atoms with Crippen LogP contribution in [0.5, 0.6) is 0 Å². The molecule has 2 fully saturated rings. The Morgan fingerprint density at radius 2 is 2.19 bits per heavy atom. The molecule has 7 heteroatoms. The predicted molar refractivity (Wildman–Crippen MR) is 102 cm³/mol. The van der Waals surface area contributed by atoms with Gasteiger partial charge in [0.15, 0.2) is 0 Å². The normalized spacial score (nSPS) is 20.6. The molecule has 6 nitrogen and oxygen atoms in total. The number of hydrogen-bond acceptors (Lipinski definition) is 5. The van der Waals surface area contributed by atoms with E-state index in [1.165, 1.54) is 12.8 Å². The molecule has 1 saturated heterocycles. The summed E-state index contributed by atoms with van der Waals surface area (Å²) in [5.74, 6) is 0. The molecule has 1 aliphatic carbocycles. The molecule has 0 spiro atoms. The lowest BCUT2D eigenvalue weighted by Crippen LogP contribution is -2.60. The maximum atomic E-state index is 9.37. The van der Waals surface area contributed by atoms with Gasteiger partial charge in [-0.3, -0.25) is 4.68 Å². The molecule has 0 unspecified atom stereocenters. The SMILES string of the molecule is CC1(SN2CC(CC#N)(n3cc(-c4ccnc5[nH]ccc45)cn3)C2)CC1. The van der Waals surface area contributed by atoms with Gasteiger partial charge in [-0.15, -0.1) is 0 Å². The molecule has 5 rings (SSSR count). The summed E-state index contributed by atoms with van der Waals surface area (Å²) in [4.78, 5) is 7.51. The number of pyridine rings is 1. The maximum Gasteiger partial charge on any atom is 0.137 e. The first-order valence-electron chi connectivity index (χ1n) is 8.90. The Morgan fingerprint density at radius 3 is 2.96 bits per heavy atom. The molecule has 132 valence electrons. The van der Waals surface area contributed by atoms with Gasteiger partial charge in [-0.25, -0.2) is 9.29 Å². The molecule has 0 amide bonds. The van der Waals surface area contributed by atoms with Gasteiger partial charge in [0.1, 0.15) is 11.2 Å². The molecule has 4 heterocycles. The van der Waals surface area contributed by atoms with Gasteiger partial charge >= 0.3 is 0 Å².